The van der Waals surface area contributed by atoms with Crippen LogP contribution in [-0.2, 0) is 4.79 Å². The molecule has 0 spiro atoms. The molecule has 0 saturated heterocycles. The average molecular weight is 359 g/mol. The first-order valence-corrected chi connectivity index (χ1v) is 7.19. The molecule has 1 aromatic carbocycles. The molecule has 1 saturated carbocycles. The number of non-ortho nitro benzene ring substituents is 1. The van der Waals surface area contributed by atoms with Crippen LogP contribution in [0.4, 0.5) is 5.69 Å². The van der Waals surface area contributed by atoms with Crippen molar-refractivity contribution < 1.29 is 19.6 Å². The number of nitrogens with zero attached hydrogens (tertiary/aromatic N) is 1. The Morgan fingerprint density at radius 2 is 2.29 bits per heavy atom. The average Bonchev–Trinajstić information content (AvgIpc) is 3.26. The topological polar surface area (TPSA) is 102 Å². The van der Waals surface area contributed by atoms with Gasteiger partial charge in [-0.3, -0.25) is 14.9 Å². The van der Waals surface area contributed by atoms with E-state index in [1.165, 1.54) is 18.2 Å². The van der Waals surface area contributed by atoms with Gasteiger partial charge in [0.15, 0.2) is 5.54 Å². The molecule has 0 bridgehead atoms. The van der Waals surface area contributed by atoms with Crippen molar-refractivity contribution in [1.82, 2.24) is 5.32 Å². The maximum Gasteiger partial charge on any atom is 0.327 e. The molecule has 8 heteroatoms. The van der Waals surface area contributed by atoms with Crippen molar-refractivity contribution in [1.29, 1.82) is 0 Å². The third-order valence-electron chi connectivity index (χ3n) is 3.68. The molecule has 0 radical (unpaired) electrons. The zero-order chi connectivity index (χ0) is 15.6. The number of aliphatic carboxylic acids is 1. The van der Waals surface area contributed by atoms with Crippen LogP contribution in [0.15, 0.2) is 22.7 Å². The van der Waals surface area contributed by atoms with Crippen LogP contribution >= 0.6 is 15.9 Å². The predicted molar refractivity (Wildman–Crippen MR) is 78.4 cm³/mol. The quantitative estimate of drug-likeness (QED) is 0.572. The lowest BCUT2D eigenvalue weighted by molar-refractivity contribution is -0.385. The summed E-state index contributed by atoms with van der Waals surface area (Å²) in [5.74, 6) is -0.711. The van der Waals surface area contributed by atoms with Crippen molar-refractivity contribution >= 4 is 27.6 Å². The zero-order valence-electron chi connectivity index (χ0n) is 11.3. The fraction of sp³-hybridized carbons (Fsp3) is 0.462. The summed E-state index contributed by atoms with van der Waals surface area (Å²) in [6, 6.07) is 4.13. The number of likely N-dealkylation sites (N-methyl/N-ethyl adjacent to an activating group) is 1. The molecular weight excluding hydrogens is 344 g/mol. The number of carboxylic acids is 1. The first-order valence-electron chi connectivity index (χ1n) is 6.40. The summed E-state index contributed by atoms with van der Waals surface area (Å²) < 4.78 is 6.09. The summed E-state index contributed by atoms with van der Waals surface area (Å²) in [6.07, 6.45) is 1.65. The minimum Gasteiger partial charge on any atom is -0.490 e. The summed E-state index contributed by atoms with van der Waals surface area (Å²) in [7, 11) is 1.58. The summed E-state index contributed by atoms with van der Waals surface area (Å²) in [5.41, 5.74) is -1.27. The molecule has 0 aliphatic heterocycles. The molecule has 0 heterocycles. The minimum absolute atomic E-state index is 0.0115. The monoisotopic (exact) mass is 358 g/mol. The van der Waals surface area contributed by atoms with Gasteiger partial charge in [-0.25, -0.2) is 0 Å². The van der Waals surface area contributed by atoms with Crippen molar-refractivity contribution in [2.24, 2.45) is 5.92 Å². The van der Waals surface area contributed by atoms with Crippen LogP contribution in [0.3, 0.4) is 0 Å². The van der Waals surface area contributed by atoms with Crippen LogP contribution in [0.2, 0.25) is 0 Å². The van der Waals surface area contributed by atoms with E-state index < -0.39 is 16.4 Å². The highest BCUT2D eigenvalue weighted by atomic mass is 79.9. The Morgan fingerprint density at radius 1 is 1.62 bits per heavy atom. The molecule has 7 nitrogen and oxygen atoms in total. The van der Waals surface area contributed by atoms with Crippen molar-refractivity contribution in [2.75, 3.05) is 13.7 Å². The summed E-state index contributed by atoms with van der Waals surface area (Å²) in [5, 5.41) is 23.1. The number of hydrogen-bond donors (Lipinski definition) is 2. The molecule has 1 aliphatic carbocycles. The Bertz CT molecular complexity index is 576. The zero-order valence-corrected chi connectivity index (χ0v) is 12.9. The van der Waals surface area contributed by atoms with Crippen molar-refractivity contribution in [3.8, 4) is 5.75 Å². The van der Waals surface area contributed by atoms with E-state index >= 15 is 0 Å². The Labute approximate surface area is 129 Å². The van der Waals surface area contributed by atoms with Gasteiger partial charge in [-0.1, -0.05) is 0 Å². The Kier molecular flexibility index (Phi) is 4.48. The number of nitro benzene ring substituents is 1. The Hall–Kier alpha value is -1.67. The molecule has 114 valence electrons. The van der Waals surface area contributed by atoms with E-state index in [2.05, 4.69) is 21.2 Å². The van der Waals surface area contributed by atoms with E-state index in [-0.39, 0.29) is 24.0 Å². The SMILES string of the molecule is CNC(COc1cc([N+](=O)[O-])ccc1Br)(C(=O)O)C1CC1. The maximum absolute atomic E-state index is 11.6. The maximum atomic E-state index is 11.6. The second kappa shape index (κ2) is 5.98. The van der Waals surface area contributed by atoms with Crippen LogP contribution in [-0.4, -0.2) is 35.2 Å². The number of nitrogens with one attached hydrogen (secondary N) is 1. The standard InChI is InChI=1S/C13H15BrN2O5/c1-15-13(12(17)18,8-2-3-8)7-21-11-6-9(16(19)20)4-5-10(11)14/h4-6,8,15H,2-3,7H2,1H3,(H,17,18). The van der Waals surface area contributed by atoms with E-state index in [9.17, 15) is 20.0 Å². The van der Waals surface area contributed by atoms with Crippen LogP contribution in [0.5, 0.6) is 5.75 Å². The molecule has 2 rings (SSSR count). The van der Waals surface area contributed by atoms with E-state index in [4.69, 9.17) is 4.74 Å². The molecular formula is C13H15BrN2O5. The number of ether oxygens (including phenoxy) is 1. The van der Waals surface area contributed by atoms with Gasteiger partial charge >= 0.3 is 5.97 Å². The van der Waals surface area contributed by atoms with Crippen LogP contribution in [0, 0.1) is 16.0 Å². The number of carbonyl (C=O) groups is 1. The lowest BCUT2D eigenvalue weighted by Gasteiger charge is -2.29. The minimum atomic E-state index is -1.16. The molecule has 1 fully saturated rings. The van der Waals surface area contributed by atoms with Crippen LogP contribution < -0.4 is 10.1 Å². The number of halogens is 1. The first-order chi connectivity index (χ1) is 9.90. The highest BCUT2D eigenvalue weighted by molar-refractivity contribution is 9.10. The molecule has 2 N–H and O–H groups in total. The van der Waals surface area contributed by atoms with Gasteiger partial charge in [0.05, 0.1) is 15.5 Å². The first kappa shape index (κ1) is 15.7. The third kappa shape index (κ3) is 3.16. The largest absolute Gasteiger partial charge is 0.490 e. The van der Waals surface area contributed by atoms with E-state index in [1.807, 2.05) is 0 Å². The smallest absolute Gasteiger partial charge is 0.327 e. The number of benzene rings is 1. The van der Waals surface area contributed by atoms with Gasteiger partial charge in [0.2, 0.25) is 0 Å². The van der Waals surface area contributed by atoms with Gasteiger partial charge in [0.25, 0.3) is 5.69 Å². The molecule has 0 amide bonds. The van der Waals surface area contributed by atoms with Crippen molar-refractivity contribution in [2.45, 2.75) is 18.4 Å². The number of nitro groups is 1. The normalized spacial score (nSPS) is 17.0. The van der Waals surface area contributed by atoms with Crippen molar-refractivity contribution in [3.05, 3.63) is 32.8 Å². The molecule has 1 atom stereocenters. The van der Waals surface area contributed by atoms with E-state index in [1.54, 1.807) is 7.05 Å². The van der Waals surface area contributed by atoms with Gasteiger partial charge < -0.3 is 15.2 Å². The second-order valence-electron chi connectivity index (χ2n) is 4.96. The van der Waals surface area contributed by atoms with E-state index in [0.29, 0.717) is 4.47 Å². The highest BCUT2D eigenvalue weighted by Gasteiger charge is 2.51. The van der Waals surface area contributed by atoms with Crippen LogP contribution in [0.1, 0.15) is 12.8 Å². The second-order valence-corrected chi connectivity index (χ2v) is 5.82. The highest BCUT2D eigenvalue weighted by Crippen LogP contribution is 2.40. The Morgan fingerprint density at radius 3 is 2.76 bits per heavy atom. The number of carboxylic acid groups (broad SMARTS) is 1. The number of hydrogen-bond acceptors (Lipinski definition) is 5. The third-order valence-corrected chi connectivity index (χ3v) is 4.34. The van der Waals surface area contributed by atoms with E-state index in [0.717, 1.165) is 12.8 Å². The fourth-order valence-corrected chi connectivity index (χ4v) is 2.58. The van der Waals surface area contributed by atoms with Gasteiger partial charge in [0, 0.05) is 6.07 Å². The summed E-state index contributed by atoms with van der Waals surface area (Å²) >= 11 is 3.24. The molecule has 21 heavy (non-hydrogen) atoms. The number of rotatable bonds is 7. The molecule has 1 aliphatic rings. The lowest BCUT2D eigenvalue weighted by atomic mass is 9.94. The van der Waals surface area contributed by atoms with Crippen molar-refractivity contribution in [3.63, 3.8) is 0 Å². The summed E-state index contributed by atoms with van der Waals surface area (Å²) in [6.45, 7) is -0.0940. The summed E-state index contributed by atoms with van der Waals surface area (Å²) in [4.78, 5) is 21.8. The van der Waals surface area contributed by atoms with Gasteiger partial charge in [0.1, 0.15) is 12.4 Å². The van der Waals surface area contributed by atoms with Crippen LogP contribution in [0.25, 0.3) is 0 Å². The predicted octanol–water partition coefficient (Wildman–Crippen LogP) is 2.19. The van der Waals surface area contributed by atoms with Gasteiger partial charge in [-0.05, 0) is 47.8 Å². The Balaban J connectivity index is 2.19. The van der Waals surface area contributed by atoms with Gasteiger partial charge in [-0.15, -0.1) is 0 Å². The molecule has 1 aromatic rings. The molecule has 1 unspecified atom stereocenters. The fourth-order valence-electron chi connectivity index (χ4n) is 2.22. The lowest BCUT2D eigenvalue weighted by Crippen LogP contribution is -2.56. The van der Waals surface area contributed by atoms with Gasteiger partial charge in [-0.2, -0.15) is 0 Å². The molecule has 0 aromatic heterocycles.